The highest BCUT2D eigenvalue weighted by molar-refractivity contribution is 7.80. The highest BCUT2D eigenvalue weighted by atomic mass is 32.2. The number of hydrogen-bond acceptors (Lipinski definition) is 4. The maximum absolute atomic E-state index is 11.9. The number of anilines is 1. The molecule has 2 unspecified atom stereocenters. The summed E-state index contributed by atoms with van der Waals surface area (Å²) in [6.07, 6.45) is 0.846. The van der Waals surface area contributed by atoms with Gasteiger partial charge in [-0.1, -0.05) is 42.5 Å². The molecular formula is C20H15N2O3S-. The zero-order chi connectivity index (χ0) is 18.5. The fourth-order valence-electron chi connectivity index (χ4n) is 2.85. The highest BCUT2D eigenvalue weighted by Crippen LogP contribution is 2.25. The van der Waals surface area contributed by atoms with E-state index in [0.717, 1.165) is 20.6 Å². The largest absolute Gasteiger partial charge is 0.755 e. The highest BCUT2D eigenvalue weighted by Gasteiger charge is 2.20. The van der Waals surface area contributed by atoms with Crippen molar-refractivity contribution in [2.45, 2.75) is 12.5 Å². The van der Waals surface area contributed by atoms with Gasteiger partial charge in [0.1, 0.15) is 12.3 Å². The van der Waals surface area contributed by atoms with Gasteiger partial charge in [-0.15, -0.1) is 0 Å². The number of aldehydes is 1. The van der Waals surface area contributed by atoms with Crippen molar-refractivity contribution in [3.8, 4) is 6.07 Å². The van der Waals surface area contributed by atoms with E-state index in [9.17, 15) is 13.6 Å². The molecule has 0 bridgehead atoms. The molecule has 0 N–H and O–H groups in total. The number of nitrogens with zero attached hydrogens (tertiary/aromatic N) is 2. The predicted molar refractivity (Wildman–Crippen MR) is 100 cm³/mol. The van der Waals surface area contributed by atoms with E-state index < -0.39 is 17.3 Å². The number of fused-ring (bicyclic) bond motifs is 1. The second kappa shape index (κ2) is 7.91. The fourth-order valence-corrected chi connectivity index (χ4v) is 3.48. The lowest BCUT2D eigenvalue weighted by Gasteiger charge is -2.31. The SMILES string of the molecule is N#Cc1ccc(CC(C=O)N(c2ccc3ccccc3c2)S(=O)[O-])cc1. The molecule has 3 rings (SSSR count). The third-order valence-electron chi connectivity index (χ3n) is 4.13. The molecule has 0 saturated heterocycles. The van der Waals surface area contributed by atoms with E-state index in [1.54, 1.807) is 36.4 Å². The second-order valence-corrected chi connectivity index (χ2v) is 6.62. The van der Waals surface area contributed by atoms with E-state index in [4.69, 9.17) is 5.26 Å². The molecule has 3 aromatic carbocycles. The molecule has 0 aliphatic rings. The normalized spacial score (nSPS) is 12.9. The zero-order valence-corrected chi connectivity index (χ0v) is 14.6. The third-order valence-corrected chi connectivity index (χ3v) is 4.94. The van der Waals surface area contributed by atoms with Crippen molar-refractivity contribution in [1.82, 2.24) is 0 Å². The molecule has 130 valence electrons. The first-order chi connectivity index (χ1) is 12.6. The van der Waals surface area contributed by atoms with Gasteiger partial charge in [-0.2, -0.15) is 5.26 Å². The van der Waals surface area contributed by atoms with Crippen LogP contribution in [0.5, 0.6) is 0 Å². The van der Waals surface area contributed by atoms with Gasteiger partial charge < -0.3 is 9.35 Å². The monoisotopic (exact) mass is 363 g/mol. The molecule has 26 heavy (non-hydrogen) atoms. The van der Waals surface area contributed by atoms with Gasteiger partial charge in [-0.25, -0.2) is 0 Å². The van der Waals surface area contributed by atoms with Gasteiger partial charge >= 0.3 is 0 Å². The minimum Gasteiger partial charge on any atom is -0.755 e. The van der Waals surface area contributed by atoms with E-state index in [-0.39, 0.29) is 6.42 Å². The molecular weight excluding hydrogens is 348 g/mol. The average Bonchev–Trinajstić information content (AvgIpc) is 2.67. The topological polar surface area (TPSA) is 84.2 Å². The Balaban J connectivity index is 1.94. The Labute approximate surface area is 153 Å². The summed E-state index contributed by atoms with van der Waals surface area (Å²) in [7, 11) is 0. The Kier molecular flexibility index (Phi) is 5.42. The quantitative estimate of drug-likeness (QED) is 0.497. The number of carbonyl (C=O) groups is 1. The standard InChI is InChI=1S/C20H16N2O3S/c21-13-16-7-5-15(6-8-16)11-20(14-23)22(26(24)25)19-10-9-17-3-1-2-4-18(17)12-19/h1-10,12,14,20H,11H2,(H,24,25)/p-1. The lowest BCUT2D eigenvalue weighted by Crippen LogP contribution is -2.39. The Morgan fingerprint density at radius 2 is 1.77 bits per heavy atom. The fraction of sp³-hybridized carbons (Fsp3) is 0.100. The van der Waals surface area contributed by atoms with Crippen LogP contribution in [0.1, 0.15) is 11.1 Å². The van der Waals surface area contributed by atoms with Crippen molar-refractivity contribution in [2.75, 3.05) is 4.31 Å². The van der Waals surface area contributed by atoms with Crippen LogP contribution in [-0.4, -0.2) is 21.1 Å². The zero-order valence-electron chi connectivity index (χ0n) is 13.7. The maximum Gasteiger partial charge on any atom is 0.143 e. The predicted octanol–water partition coefficient (Wildman–Crippen LogP) is 3.12. The van der Waals surface area contributed by atoms with Crippen molar-refractivity contribution < 1.29 is 13.6 Å². The summed E-state index contributed by atoms with van der Waals surface area (Å²) < 4.78 is 24.8. The lowest BCUT2D eigenvalue weighted by atomic mass is 10.0. The molecule has 3 aromatic rings. The molecule has 0 radical (unpaired) electrons. The van der Waals surface area contributed by atoms with E-state index in [0.29, 0.717) is 17.5 Å². The summed E-state index contributed by atoms with van der Waals surface area (Å²) in [4.78, 5) is 11.6. The first kappa shape index (κ1) is 17.8. The van der Waals surface area contributed by atoms with Crippen LogP contribution in [-0.2, 0) is 22.5 Å². The van der Waals surface area contributed by atoms with Gasteiger partial charge in [-0.3, -0.25) is 8.51 Å². The maximum atomic E-state index is 11.9. The van der Waals surface area contributed by atoms with Gasteiger partial charge in [-0.05, 0) is 40.6 Å². The lowest BCUT2D eigenvalue weighted by molar-refractivity contribution is -0.108. The Hall–Kier alpha value is -3.01. The van der Waals surface area contributed by atoms with Gasteiger partial charge in [0.15, 0.2) is 0 Å². The van der Waals surface area contributed by atoms with Crippen LogP contribution < -0.4 is 4.31 Å². The molecule has 0 aliphatic carbocycles. The van der Waals surface area contributed by atoms with Crippen molar-refractivity contribution >= 4 is 34.0 Å². The Morgan fingerprint density at radius 1 is 1.08 bits per heavy atom. The van der Waals surface area contributed by atoms with Gasteiger partial charge in [0.2, 0.25) is 0 Å². The van der Waals surface area contributed by atoms with Crippen molar-refractivity contribution in [3.63, 3.8) is 0 Å². The van der Waals surface area contributed by atoms with Crippen LogP contribution >= 0.6 is 0 Å². The molecule has 6 heteroatoms. The molecule has 0 spiro atoms. The molecule has 0 fully saturated rings. The number of nitriles is 1. The van der Waals surface area contributed by atoms with E-state index >= 15 is 0 Å². The van der Waals surface area contributed by atoms with Crippen LogP contribution in [0.2, 0.25) is 0 Å². The van der Waals surface area contributed by atoms with Gasteiger partial charge in [0.25, 0.3) is 0 Å². The number of hydrogen-bond donors (Lipinski definition) is 0. The average molecular weight is 363 g/mol. The van der Waals surface area contributed by atoms with Gasteiger partial charge in [0, 0.05) is 23.4 Å². The Bertz CT molecular complexity index is 996. The summed E-state index contributed by atoms with van der Waals surface area (Å²) in [6.45, 7) is 0. The van der Waals surface area contributed by atoms with Crippen LogP contribution in [0, 0.1) is 11.3 Å². The van der Waals surface area contributed by atoms with Crippen molar-refractivity contribution in [2.24, 2.45) is 0 Å². The minimum atomic E-state index is -2.61. The number of benzene rings is 3. The molecule has 0 aliphatic heterocycles. The number of carbonyl (C=O) groups excluding carboxylic acids is 1. The summed E-state index contributed by atoms with van der Waals surface area (Å²) >= 11 is -2.61. The summed E-state index contributed by atoms with van der Waals surface area (Å²) in [5.74, 6) is 0. The van der Waals surface area contributed by atoms with Crippen molar-refractivity contribution in [1.29, 1.82) is 5.26 Å². The molecule has 2 atom stereocenters. The first-order valence-corrected chi connectivity index (χ1v) is 8.97. The third kappa shape index (κ3) is 3.80. The molecule has 0 amide bonds. The summed E-state index contributed by atoms with van der Waals surface area (Å²) in [6, 6.07) is 20.8. The van der Waals surface area contributed by atoms with Crippen molar-refractivity contribution in [3.05, 3.63) is 77.9 Å². The summed E-state index contributed by atoms with van der Waals surface area (Å²) in [5, 5.41) is 10.7. The van der Waals surface area contributed by atoms with E-state index in [1.165, 1.54) is 0 Å². The second-order valence-electron chi connectivity index (χ2n) is 5.79. The Morgan fingerprint density at radius 3 is 2.38 bits per heavy atom. The molecule has 5 nitrogen and oxygen atoms in total. The van der Waals surface area contributed by atoms with Gasteiger partial charge in [0.05, 0.1) is 11.6 Å². The first-order valence-electron chi connectivity index (χ1n) is 7.94. The van der Waals surface area contributed by atoms with E-state index in [1.807, 2.05) is 36.4 Å². The number of rotatable bonds is 6. The minimum absolute atomic E-state index is 0.218. The van der Waals surface area contributed by atoms with Crippen LogP contribution in [0.15, 0.2) is 66.7 Å². The summed E-state index contributed by atoms with van der Waals surface area (Å²) in [5.41, 5.74) is 1.72. The van der Waals surface area contributed by atoms with Crippen LogP contribution in [0.4, 0.5) is 5.69 Å². The molecule has 0 heterocycles. The van der Waals surface area contributed by atoms with Crippen LogP contribution in [0.3, 0.4) is 0 Å². The smallest absolute Gasteiger partial charge is 0.143 e. The van der Waals surface area contributed by atoms with E-state index in [2.05, 4.69) is 0 Å². The molecule has 0 saturated carbocycles. The molecule has 0 aromatic heterocycles. The van der Waals surface area contributed by atoms with Crippen LogP contribution in [0.25, 0.3) is 10.8 Å².